The molecule has 0 N–H and O–H groups in total. The van der Waals surface area contributed by atoms with E-state index in [9.17, 15) is 14.9 Å². The van der Waals surface area contributed by atoms with Crippen LogP contribution in [0.2, 0.25) is 5.02 Å². The number of nitro groups is 1. The van der Waals surface area contributed by atoms with Gasteiger partial charge in [0.15, 0.2) is 16.6 Å². The Hall–Kier alpha value is -3.76. The molecule has 0 saturated carbocycles. The molecule has 9 nitrogen and oxygen atoms in total. The lowest BCUT2D eigenvalue weighted by Crippen LogP contribution is -2.30. The van der Waals surface area contributed by atoms with Gasteiger partial charge in [-0.3, -0.25) is 24.8 Å². The molecule has 166 valence electrons. The van der Waals surface area contributed by atoms with Gasteiger partial charge in [-0.25, -0.2) is 4.98 Å². The third-order valence-electron chi connectivity index (χ3n) is 4.97. The molecule has 0 radical (unpaired) electrons. The number of benzene rings is 2. The van der Waals surface area contributed by atoms with Crippen molar-refractivity contribution in [3.05, 3.63) is 81.1 Å². The average Bonchev–Trinajstić information content (AvgIpc) is 3.23. The lowest BCUT2D eigenvalue weighted by atomic mass is 10.1. The fraction of sp³-hybridized carbons (Fsp3) is 0.136. The van der Waals surface area contributed by atoms with E-state index in [0.29, 0.717) is 35.4 Å². The summed E-state index contributed by atoms with van der Waals surface area (Å²) in [5.74, 6) is 0.706. The number of non-ortho nitro benzene ring substituents is 1. The van der Waals surface area contributed by atoms with Crippen LogP contribution in [0.3, 0.4) is 0 Å². The standard InChI is InChI=1S/C22H15ClN4O5S/c23-16-4-3-14(27(29)30)8-15(16)21(28)26(12-13-2-1-5-24-11-13)22-25-17-9-18-19(10-20(17)33-22)32-7-6-31-18/h1-5,8-11H,6-7,12H2. The molecule has 1 amide bonds. The van der Waals surface area contributed by atoms with Crippen molar-refractivity contribution in [3.63, 3.8) is 0 Å². The first-order chi connectivity index (χ1) is 16.0. The van der Waals surface area contributed by atoms with Gasteiger partial charge in [0.2, 0.25) is 0 Å². The smallest absolute Gasteiger partial charge is 0.270 e. The maximum Gasteiger partial charge on any atom is 0.270 e. The number of aromatic nitrogens is 2. The molecule has 4 aromatic rings. The van der Waals surface area contributed by atoms with Gasteiger partial charge in [-0.15, -0.1) is 0 Å². The minimum atomic E-state index is -0.569. The van der Waals surface area contributed by atoms with Gasteiger partial charge in [0.25, 0.3) is 11.6 Å². The number of halogens is 1. The summed E-state index contributed by atoms with van der Waals surface area (Å²) in [6.07, 6.45) is 3.28. The number of hydrogen-bond acceptors (Lipinski definition) is 8. The van der Waals surface area contributed by atoms with Crippen LogP contribution < -0.4 is 14.4 Å². The van der Waals surface area contributed by atoms with Gasteiger partial charge in [-0.1, -0.05) is 29.0 Å². The minimum absolute atomic E-state index is 0.0139. The number of anilines is 1. The highest BCUT2D eigenvalue weighted by atomic mass is 35.5. The Morgan fingerprint density at radius 1 is 1.18 bits per heavy atom. The molecule has 0 saturated heterocycles. The number of carbonyl (C=O) groups excluding carboxylic acids is 1. The minimum Gasteiger partial charge on any atom is -0.486 e. The van der Waals surface area contributed by atoms with E-state index in [-0.39, 0.29) is 22.8 Å². The first-order valence-corrected chi connectivity index (χ1v) is 11.0. The fourth-order valence-electron chi connectivity index (χ4n) is 3.40. The van der Waals surface area contributed by atoms with Gasteiger partial charge in [0, 0.05) is 36.7 Å². The monoisotopic (exact) mass is 482 g/mol. The number of rotatable bonds is 5. The number of fused-ring (bicyclic) bond motifs is 2. The second-order valence-electron chi connectivity index (χ2n) is 7.13. The van der Waals surface area contributed by atoms with E-state index in [1.807, 2.05) is 12.1 Å². The summed E-state index contributed by atoms with van der Waals surface area (Å²) in [5.41, 5.74) is 1.20. The van der Waals surface area contributed by atoms with Crippen LogP contribution in [0.5, 0.6) is 11.5 Å². The van der Waals surface area contributed by atoms with Gasteiger partial charge in [-0.05, 0) is 17.7 Å². The summed E-state index contributed by atoms with van der Waals surface area (Å²) in [5, 5.41) is 11.8. The quantitative estimate of drug-likeness (QED) is 0.295. The second-order valence-corrected chi connectivity index (χ2v) is 8.55. The van der Waals surface area contributed by atoms with Crippen LogP contribution in [0.25, 0.3) is 10.2 Å². The Morgan fingerprint density at radius 3 is 2.70 bits per heavy atom. The molecule has 0 unspecified atom stereocenters. The van der Waals surface area contributed by atoms with Crippen molar-refractivity contribution in [2.75, 3.05) is 18.1 Å². The summed E-state index contributed by atoms with van der Waals surface area (Å²) in [6.45, 7) is 1.06. The maximum atomic E-state index is 13.6. The van der Waals surface area contributed by atoms with Gasteiger partial charge in [0.1, 0.15) is 13.2 Å². The molecule has 1 aliphatic heterocycles. The number of amides is 1. The summed E-state index contributed by atoms with van der Waals surface area (Å²) in [6, 6.07) is 11.0. The van der Waals surface area contributed by atoms with Crippen LogP contribution in [0.1, 0.15) is 15.9 Å². The van der Waals surface area contributed by atoms with Crippen molar-refractivity contribution in [2.24, 2.45) is 0 Å². The molecule has 5 rings (SSSR count). The molecule has 3 heterocycles. The predicted octanol–water partition coefficient (Wildman–Crippen LogP) is 4.87. The zero-order chi connectivity index (χ0) is 22.9. The number of nitro benzene ring substituents is 1. The van der Waals surface area contributed by atoms with Crippen LogP contribution in [-0.2, 0) is 6.54 Å². The zero-order valence-corrected chi connectivity index (χ0v) is 18.5. The van der Waals surface area contributed by atoms with E-state index in [0.717, 1.165) is 10.3 Å². The number of hydrogen-bond donors (Lipinski definition) is 0. The van der Waals surface area contributed by atoms with Gasteiger partial charge < -0.3 is 9.47 Å². The molecule has 0 spiro atoms. The van der Waals surface area contributed by atoms with Crippen molar-refractivity contribution >= 4 is 49.9 Å². The molecule has 2 aromatic carbocycles. The largest absolute Gasteiger partial charge is 0.486 e. The second kappa shape index (κ2) is 8.64. The van der Waals surface area contributed by atoms with Gasteiger partial charge in [0.05, 0.1) is 32.3 Å². The van der Waals surface area contributed by atoms with E-state index in [1.54, 1.807) is 24.5 Å². The lowest BCUT2D eigenvalue weighted by Gasteiger charge is -2.20. The first-order valence-electron chi connectivity index (χ1n) is 9.84. The first kappa shape index (κ1) is 21.1. The highest BCUT2D eigenvalue weighted by Crippen LogP contribution is 2.39. The van der Waals surface area contributed by atoms with Gasteiger partial charge in [-0.2, -0.15) is 0 Å². The normalized spacial score (nSPS) is 12.5. The topological polar surface area (TPSA) is 108 Å². The SMILES string of the molecule is O=C(c1cc([N+](=O)[O-])ccc1Cl)N(Cc1cccnc1)c1nc2cc3c(cc2s1)OCCO3. The van der Waals surface area contributed by atoms with Crippen molar-refractivity contribution in [1.29, 1.82) is 0 Å². The fourth-order valence-corrected chi connectivity index (χ4v) is 4.58. The zero-order valence-electron chi connectivity index (χ0n) is 16.9. The van der Waals surface area contributed by atoms with Crippen LogP contribution >= 0.6 is 22.9 Å². The van der Waals surface area contributed by atoms with Crippen molar-refractivity contribution in [3.8, 4) is 11.5 Å². The molecule has 0 atom stereocenters. The van der Waals surface area contributed by atoms with Crippen LogP contribution in [0, 0.1) is 10.1 Å². The van der Waals surface area contributed by atoms with Gasteiger partial charge >= 0.3 is 0 Å². The number of ether oxygens (including phenoxy) is 2. The Kier molecular flexibility index (Phi) is 5.53. The van der Waals surface area contributed by atoms with Crippen LogP contribution in [0.4, 0.5) is 10.8 Å². The predicted molar refractivity (Wildman–Crippen MR) is 123 cm³/mol. The Balaban J connectivity index is 1.60. The Labute approximate surface area is 196 Å². The van der Waals surface area contributed by atoms with E-state index in [4.69, 9.17) is 21.1 Å². The summed E-state index contributed by atoms with van der Waals surface area (Å²) in [4.78, 5) is 34.5. The average molecular weight is 483 g/mol. The Bertz CT molecular complexity index is 1340. The van der Waals surface area contributed by atoms with E-state index >= 15 is 0 Å². The molecule has 33 heavy (non-hydrogen) atoms. The van der Waals surface area contributed by atoms with Crippen molar-refractivity contribution < 1.29 is 19.2 Å². The molecular weight excluding hydrogens is 468 g/mol. The highest BCUT2D eigenvalue weighted by Gasteiger charge is 2.26. The van der Waals surface area contributed by atoms with Crippen molar-refractivity contribution in [2.45, 2.75) is 6.54 Å². The molecule has 0 fully saturated rings. The number of thiazole rings is 1. The third kappa shape index (κ3) is 4.18. The molecular formula is C22H15ClN4O5S. The Morgan fingerprint density at radius 2 is 1.97 bits per heavy atom. The highest BCUT2D eigenvalue weighted by molar-refractivity contribution is 7.22. The lowest BCUT2D eigenvalue weighted by molar-refractivity contribution is -0.384. The van der Waals surface area contributed by atoms with E-state index < -0.39 is 10.8 Å². The van der Waals surface area contributed by atoms with E-state index in [2.05, 4.69) is 9.97 Å². The molecule has 2 aromatic heterocycles. The third-order valence-corrected chi connectivity index (χ3v) is 6.34. The number of pyridine rings is 1. The summed E-state index contributed by atoms with van der Waals surface area (Å²) >= 11 is 7.56. The molecule has 11 heteroatoms. The number of carbonyl (C=O) groups is 1. The molecule has 1 aliphatic rings. The van der Waals surface area contributed by atoms with Crippen LogP contribution in [-0.4, -0.2) is 34.0 Å². The summed E-state index contributed by atoms with van der Waals surface area (Å²) < 4.78 is 12.1. The summed E-state index contributed by atoms with van der Waals surface area (Å²) in [7, 11) is 0. The molecule has 0 bridgehead atoms. The van der Waals surface area contributed by atoms with Crippen LogP contribution in [0.15, 0.2) is 54.9 Å². The number of nitrogens with zero attached hydrogens (tertiary/aromatic N) is 4. The molecule has 0 aliphatic carbocycles. The maximum absolute atomic E-state index is 13.6. The van der Waals surface area contributed by atoms with Crippen molar-refractivity contribution in [1.82, 2.24) is 9.97 Å². The van der Waals surface area contributed by atoms with E-state index in [1.165, 1.54) is 34.4 Å².